The van der Waals surface area contributed by atoms with E-state index in [4.69, 9.17) is 21.6 Å². The molecule has 0 N–H and O–H groups in total. The fraction of sp³-hybridized carbons (Fsp3) is 0.227. The highest BCUT2D eigenvalue weighted by Gasteiger charge is 2.58. The lowest BCUT2D eigenvalue weighted by Gasteiger charge is -2.33. The second kappa shape index (κ2) is 8.65. The first-order valence-corrected chi connectivity index (χ1v) is 9.64. The topological polar surface area (TPSA) is 73.6 Å². The summed E-state index contributed by atoms with van der Waals surface area (Å²) in [5, 5.41) is 9.20. The third-order valence-electron chi connectivity index (χ3n) is 5.16. The van der Waals surface area contributed by atoms with E-state index >= 15 is 0 Å². The average molecular weight is 464 g/mol. The van der Waals surface area contributed by atoms with Crippen LogP contribution in [0.3, 0.4) is 0 Å². The van der Waals surface area contributed by atoms with Gasteiger partial charge in [0.2, 0.25) is 0 Å². The van der Waals surface area contributed by atoms with Crippen molar-refractivity contribution in [1.82, 2.24) is 4.90 Å². The van der Waals surface area contributed by atoms with Gasteiger partial charge < -0.3 is 9.64 Å². The number of imide groups is 1. The number of likely N-dealkylation sites (N-methyl/N-ethyl adjacent to an activating group) is 1. The van der Waals surface area contributed by atoms with E-state index in [1.54, 1.807) is 18.2 Å². The highest BCUT2D eigenvalue weighted by Crippen LogP contribution is 2.43. The Labute approximate surface area is 187 Å². The van der Waals surface area contributed by atoms with Crippen molar-refractivity contribution in [3.63, 3.8) is 0 Å². The van der Waals surface area contributed by atoms with Crippen molar-refractivity contribution < 1.29 is 27.5 Å². The molecule has 1 saturated heterocycles. The second-order valence-corrected chi connectivity index (χ2v) is 7.37. The molecule has 0 aliphatic carbocycles. The first kappa shape index (κ1) is 23.3. The zero-order valence-electron chi connectivity index (χ0n) is 16.8. The van der Waals surface area contributed by atoms with Crippen LogP contribution >= 0.6 is 11.6 Å². The van der Waals surface area contributed by atoms with Crippen LogP contribution in [0.5, 0.6) is 0 Å². The lowest BCUT2D eigenvalue weighted by atomic mass is 9.89. The van der Waals surface area contributed by atoms with Crippen LogP contribution in [0.1, 0.15) is 16.7 Å². The normalized spacial score (nSPS) is 18.8. The van der Waals surface area contributed by atoms with Gasteiger partial charge in [-0.3, -0.25) is 4.79 Å². The number of nitrogens with zero attached hydrogens (tertiary/aromatic N) is 3. The summed E-state index contributed by atoms with van der Waals surface area (Å²) in [5.74, 6) is -0.833. The van der Waals surface area contributed by atoms with Crippen molar-refractivity contribution in [2.45, 2.75) is 11.7 Å². The van der Waals surface area contributed by atoms with Crippen LogP contribution in [0, 0.1) is 11.3 Å². The molecule has 3 amide bonds. The fourth-order valence-electron chi connectivity index (χ4n) is 3.58. The Balaban J connectivity index is 2.18. The Morgan fingerprint density at radius 3 is 2.53 bits per heavy atom. The van der Waals surface area contributed by atoms with E-state index in [-0.39, 0.29) is 29.5 Å². The number of halogens is 4. The molecular formula is C22H17ClF3N3O3. The molecule has 1 heterocycles. The van der Waals surface area contributed by atoms with Gasteiger partial charge in [-0.1, -0.05) is 35.9 Å². The van der Waals surface area contributed by atoms with Gasteiger partial charge in [0.1, 0.15) is 0 Å². The molecule has 0 radical (unpaired) electrons. The summed E-state index contributed by atoms with van der Waals surface area (Å²) in [4.78, 5) is 28.5. The predicted octanol–water partition coefficient (Wildman–Crippen LogP) is 4.73. The molecule has 2 aromatic carbocycles. The summed E-state index contributed by atoms with van der Waals surface area (Å²) in [6, 6.07) is 9.58. The van der Waals surface area contributed by atoms with Crippen LogP contribution in [-0.4, -0.2) is 37.1 Å². The molecule has 1 atom stereocenters. The maximum atomic E-state index is 13.7. The number of nitriles is 1. The molecule has 10 heteroatoms. The van der Waals surface area contributed by atoms with Gasteiger partial charge in [0.05, 0.1) is 36.1 Å². The minimum atomic E-state index is -4.86. The molecule has 0 spiro atoms. The van der Waals surface area contributed by atoms with E-state index in [1.807, 2.05) is 0 Å². The summed E-state index contributed by atoms with van der Waals surface area (Å²) in [7, 11) is 1.34. The number of anilines is 1. The molecule has 0 aromatic heterocycles. The van der Waals surface area contributed by atoms with Crippen LogP contribution in [0.25, 0.3) is 0 Å². The molecular weight excluding hydrogens is 447 g/mol. The maximum Gasteiger partial charge on any atom is 0.417 e. The van der Waals surface area contributed by atoms with Crippen LogP contribution in [0.4, 0.5) is 23.7 Å². The number of alkyl halides is 3. The summed E-state index contributed by atoms with van der Waals surface area (Å²) in [6.07, 6.45) is -3.40. The highest BCUT2D eigenvalue weighted by atomic mass is 35.5. The molecule has 3 rings (SSSR count). The molecule has 6 nitrogen and oxygen atoms in total. The maximum absolute atomic E-state index is 13.7. The van der Waals surface area contributed by atoms with Crippen molar-refractivity contribution >= 4 is 29.2 Å². The Morgan fingerprint density at radius 2 is 1.94 bits per heavy atom. The smallest absolute Gasteiger partial charge is 0.374 e. The van der Waals surface area contributed by atoms with Crippen molar-refractivity contribution in [3.8, 4) is 6.07 Å². The van der Waals surface area contributed by atoms with Gasteiger partial charge in [0.15, 0.2) is 5.54 Å². The molecule has 1 unspecified atom stereocenters. The number of carbonyl (C=O) groups is 2. The van der Waals surface area contributed by atoms with E-state index in [0.717, 1.165) is 17.0 Å². The lowest BCUT2D eigenvalue weighted by molar-refractivity contribution is -0.137. The summed E-state index contributed by atoms with van der Waals surface area (Å²) >= 11 is 6.33. The van der Waals surface area contributed by atoms with Gasteiger partial charge >= 0.3 is 12.2 Å². The van der Waals surface area contributed by atoms with E-state index in [2.05, 4.69) is 6.58 Å². The third kappa shape index (κ3) is 3.72. The standard InChI is InChI=1S/C22H17ClF3N3O3/c1-3-10-32-13-21(16-6-4-5-7-18(16)23)19(30)29(20(31)28(21)2)15-9-8-14(12-27)17(11-15)22(24,25)26/h3-9,11H,1,10,13H2,2H3. The first-order chi connectivity index (χ1) is 15.1. The van der Waals surface area contributed by atoms with Gasteiger partial charge in [-0.15, -0.1) is 6.58 Å². The Morgan fingerprint density at radius 1 is 1.25 bits per heavy atom. The zero-order chi connectivity index (χ0) is 23.7. The second-order valence-electron chi connectivity index (χ2n) is 6.97. The van der Waals surface area contributed by atoms with E-state index in [0.29, 0.717) is 11.0 Å². The molecule has 0 bridgehead atoms. The number of amides is 3. The van der Waals surface area contributed by atoms with Gasteiger partial charge in [0, 0.05) is 17.6 Å². The zero-order valence-corrected chi connectivity index (χ0v) is 17.6. The van der Waals surface area contributed by atoms with Crippen LogP contribution in [0.2, 0.25) is 5.02 Å². The molecule has 1 aliphatic rings. The van der Waals surface area contributed by atoms with Gasteiger partial charge in [0.25, 0.3) is 5.91 Å². The number of carbonyl (C=O) groups excluding carboxylic acids is 2. The van der Waals surface area contributed by atoms with Crippen LogP contribution in [0.15, 0.2) is 55.1 Å². The number of hydrogen-bond donors (Lipinski definition) is 0. The van der Waals surface area contributed by atoms with E-state index in [9.17, 15) is 22.8 Å². The number of ether oxygens (including phenoxy) is 1. The predicted molar refractivity (Wildman–Crippen MR) is 111 cm³/mol. The largest absolute Gasteiger partial charge is 0.417 e. The quantitative estimate of drug-likeness (QED) is 0.353. The average Bonchev–Trinajstić information content (AvgIpc) is 2.94. The minimum Gasteiger partial charge on any atom is -0.374 e. The van der Waals surface area contributed by atoms with Gasteiger partial charge in [-0.2, -0.15) is 18.4 Å². The third-order valence-corrected chi connectivity index (χ3v) is 5.49. The SMILES string of the molecule is C=CCOCC1(c2ccccc2Cl)C(=O)N(c2ccc(C#N)c(C(F)(F)F)c2)C(=O)N1C. The van der Waals surface area contributed by atoms with Crippen LogP contribution in [-0.2, 0) is 21.2 Å². The molecule has 1 fully saturated rings. The molecule has 2 aromatic rings. The summed E-state index contributed by atoms with van der Waals surface area (Å²) in [5.41, 5.74) is -3.65. The molecule has 1 aliphatic heterocycles. The number of rotatable bonds is 6. The summed E-state index contributed by atoms with van der Waals surface area (Å²) < 4.78 is 45.9. The number of urea groups is 1. The fourth-order valence-corrected chi connectivity index (χ4v) is 3.87. The van der Waals surface area contributed by atoms with Gasteiger partial charge in [-0.05, 0) is 24.3 Å². The van der Waals surface area contributed by atoms with Crippen molar-refractivity contribution in [3.05, 3.63) is 76.8 Å². The van der Waals surface area contributed by atoms with Crippen molar-refractivity contribution in [2.24, 2.45) is 0 Å². The summed E-state index contributed by atoms with van der Waals surface area (Å²) in [6.45, 7) is 3.31. The highest BCUT2D eigenvalue weighted by molar-refractivity contribution is 6.32. The van der Waals surface area contributed by atoms with Crippen molar-refractivity contribution in [1.29, 1.82) is 5.26 Å². The molecule has 32 heavy (non-hydrogen) atoms. The van der Waals surface area contributed by atoms with Gasteiger partial charge in [-0.25, -0.2) is 9.69 Å². The Hall–Kier alpha value is -3.35. The monoisotopic (exact) mass is 463 g/mol. The number of hydrogen-bond acceptors (Lipinski definition) is 4. The Bertz CT molecular complexity index is 1130. The van der Waals surface area contributed by atoms with Crippen LogP contribution < -0.4 is 4.90 Å². The first-order valence-electron chi connectivity index (χ1n) is 9.27. The Kier molecular flexibility index (Phi) is 6.30. The minimum absolute atomic E-state index is 0.0661. The van der Waals surface area contributed by atoms with Crippen molar-refractivity contribution in [2.75, 3.05) is 25.2 Å². The van der Waals surface area contributed by atoms with E-state index < -0.39 is 34.8 Å². The molecule has 0 saturated carbocycles. The lowest BCUT2D eigenvalue weighted by Crippen LogP contribution is -2.49. The molecule has 166 valence electrons. The number of benzene rings is 2. The van der Waals surface area contributed by atoms with E-state index in [1.165, 1.54) is 25.3 Å².